The van der Waals surface area contributed by atoms with Gasteiger partial charge in [-0.15, -0.1) is 0 Å². The average Bonchev–Trinajstić information content (AvgIpc) is 2.23. The van der Waals surface area contributed by atoms with Crippen molar-refractivity contribution < 1.29 is 9.84 Å². The molecule has 0 amide bonds. The number of morpholine rings is 1. The molecule has 14 heavy (non-hydrogen) atoms. The maximum Gasteiger partial charge on any atom is 0.118 e. The molecule has 3 heteroatoms. The van der Waals surface area contributed by atoms with Gasteiger partial charge >= 0.3 is 0 Å². The van der Waals surface area contributed by atoms with Gasteiger partial charge in [0.15, 0.2) is 0 Å². The molecule has 3 nitrogen and oxygen atoms in total. The number of nitrogens with one attached hydrogen (secondary N) is 1. The van der Waals surface area contributed by atoms with Gasteiger partial charge in [0, 0.05) is 13.1 Å². The number of hydrogen-bond acceptors (Lipinski definition) is 3. The van der Waals surface area contributed by atoms with Gasteiger partial charge in [-0.25, -0.2) is 0 Å². The fourth-order valence-corrected chi connectivity index (χ4v) is 1.66. The van der Waals surface area contributed by atoms with Gasteiger partial charge in [0.05, 0.1) is 12.7 Å². The average molecular weight is 193 g/mol. The van der Waals surface area contributed by atoms with Crippen molar-refractivity contribution in [2.75, 3.05) is 19.7 Å². The highest BCUT2D eigenvalue weighted by Crippen LogP contribution is 2.24. The summed E-state index contributed by atoms with van der Waals surface area (Å²) >= 11 is 0. The SMILES string of the molecule is Cc1cc(C2CNCCO2)ccc1O. The Labute approximate surface area is 83.7 Å². The van der Waals surface area contributed by atoms with Gasteiger partial charge in [-0.2, -0.15) is 0 Å². The third-order valence-electron chi connectivity index (χ3n) is 2.52. The lowest BCUT2D eigenvalue weighted by Crippen LogP contribution is -2.33. The summed E-state index contributed by atoms with van der Waals surface area (Å²) in [5, 5.41) is 12.7. The fourth-order valence-electron chi connectivity index (χ4n) is 1.66. The molecule has 0 bridgehead atoms. The molecule has 1 fully saturated rings. The van der Waals surface area contributed by atoms with Crippen LogP contribution in [0.25, 0.3) is 0 Å². The third kappa shape index (κ3) is 1.89. The lowest BCUT2D eigenvalue weighted by molar-refractivity contribution is 0.0276. The second kappa shape index (κ2) is 3.98. The first-order valence-electron chi connectivity index (χ1n) is 4.89. The predicted molar refractivity (Wildman–Crippen MR) is 54.4 cm³/mol. The van der Waals surface area contributed by atoms with Crippen LogP contribution < -0.4 is 5.32 Å². The second-order valence-corrected chi connectivity index (χ2v) is 3.61. The van der Waals surface area contributed by atoms with Crippen LogP contribution in [0.2, 0.25) is 0 Å². The van der Waals surface area contributed by atoms with E-state index in [0.717, 1.165) is 30.8 Å². The molecule has 0 aromatic heterocycles. The van der Waals surface area contributed by atoms with Gasteiger partial charge in [-0.3, -0.25) is 0 Å². The van der Waals surface area contributed by atoms with E-state index >= 15 is 0 Å². The van der Waals surface area contributed by atoms with Crippen molar-refractivity contribution in [3.05, 3.63) is 29.3 Å². The zero-order valence-corrected chi connectivity index (χ0v) is 8.29. The lowest BCUT2D eigenvalue weighted by Gasteiger charge is -2.24. The van der Waals surface area contributed by atoms with Gasteiger partial charge < -0.3 is 15.2 Å². The number of benzene rings is 1. The van der Waals surface area contributed by atoms with Gasteiger partial charge in [0.1, 0.15) is 5.75 Å². The Morgan fingerprint density at radius 3 is 3.00 bits per heavy atom. The van der Waals surface area contributed by atoms with Crippen molar-refractivity contribution in [2.24, 2.45) is 0 Å². The summed E-state index contributed by atoms with van der Waals surface area (Å²) in [7, 11) is 0. The van der Waals surface area contributed by atoms with Gasteiger partial charge in [0.25, 0.3) is 0 Å². The van der Waals surface area contributed by atoms with Gasteiger partial charge in [0.2, 0.25) is 0 Å². The molecule has 2 rings (SSSR count). The summed E-state index contributed by atoms with van der Waals surface area (Å²) < 4.78 is 5.61. The molecule has 2 N–H and O–H groups in total. The number of ether oxygens (including phenoxy) is 1. The molecule has 0 spiro atoms. The molecule has 1 unspecified atom stereocenters. The first-order chi connectivity index (χ1) is 6.77. The van der Waals surface area contributed by atoms with Crippen LogP contribution in [0.1, 0.15) is 17.2 Å². The van der Waals surface area contributed by atoms with E-state index in [2.05, 4.69) is 5.32 Å². The summed E-state index contributed by atoms with van der Waals surface area (Å²) in [6, 6.07) is 5.62. The van der Waals surface area contributed by atoms with Crippen molar-refractivity contribution in [1.82, 2.24) is 5.32 Å². The van der Waals surface area contributed by atoms with Crippen molar-refractivity contribution in [3.8, 4) is 5.75 Å². The highest BCUT2D eigenvalue weighted by atomic mass is 16.5. The Kier molecular flexibility index (Phi) is 2.70. The van der Waals surface area contributed by atoms with Gasteiger partial charge in [-0.1, -0.05) is 6.07 Å². The molecule has 1 aliphatic heterocycles. The van der Waals surface area contributed by atoms with Crippen LogP contribution in [0.3, 0.4) is 0 Å². The number of phenols is 1. The summed E-state index contributed by atoms with van der Waals surface area (Å²) in [5.41, 5.74) is 2.03. The molecular weight excluding hydrogens is 178 g/mol. The Hall–Kier alpha value is -1.06. The van der Waals surface area contributed by atoms with Crippen LogP contribution in [0, 0.1) is 6.92 Å². The minimum Gasteiger partial charge on any atom is -0.508 e. The highest BCUT2D eigenvalue weighted by molar-refractivity contribution is 5.36. The molecule has 0 saturated carbocycles. The van der Waals surface area contributed by atoms with Crippen LogP contribution in [-0.2, 0) is 4.74 Å². The smallest absolute Gasteiger partial charge is 0.118 e. The summed E-state index contributed by atoms with van der Waals surface area (Å²) in [5.74, 6) is 0.345. The topological polar surface area (TPSA) is 41.5 Å². The van der Waals surface area contributed by atoms with Crippen LogP contribution in [0.4, 0.5) is 0 Å². The summed E-state index contributed by atoms with van der Waals surface area (Å²) in [6.45, 7) is 4.43. The van der Waals surface area contributed by atoms with E-state index in [-0.39, 0.29) is 6.10 Å². The quantitative estimate of drug-likeness (QED) is 0.707. The first-order valence-corrected chi connectivity index (χ1v) is 4.89. The molecular formula is C11H15NO2. The highest BCUT2D eigenvalue weighted by Gasteiger charge is 2.15. The Morgan fingerprint density at radius 2 is 2.36 bits per heavy atom. The van der Waals surface area contributed by atoms with Crippen LogP contribution in [-0.4, -0.2) is 24.8 Å². The summed E-state index contributed by atoms with van der Waals surface area (Å²) in [4.78, 5) is 0. The minimum absolute atomic E-state index is 0.128. The third-order valence-corrected chi connectivity index (χ3v) is 2.52. The van der Waals surface area contributed by atoms with E-state index in [9.17, 15) is 5.11 Å². The van der Waals surface area contributed by atoms with Gasteiger partial charge in [-0.05, 0) is 30.2 Å². The molecule has 1 aliphatic rings. The standard InChI is InChI=1S/C11H15NO2/c1-8-6-9(2-3-10(8)13)11-7-12-4-5-14-11/h2-3,6,11-13H,4-5,7H2,1H3. The van der Waals surface area contributed by atoms with E-state index in [0.29, 0.717) is 5.75 Å². The summed E-state index contributed by atoms with van der Waals surface area (Å²) in [6.07, 6.45) is 0.128. The first kappa shape index (κ1) is 9.49. The molecule has 1 atom stereocenters. The zero-order chi connectivity index (χ0) is 9.97. The number of aromatic hydroxyl groups is 1. The zero-order valence-electron chi connectivity index (χ0n) is 8.29. The molecule has 1 aromatic rings. The molecule has 1 saturated heterocycles. The molecule has 1 aromatic carbocycles. The van der Waals surface area contributed by atoms with Crippen LogP contribution in [0.5, 0.6) is 5.75 Å². The van der Waals surface area contributed by atoms with E-state index in [1.165, 1.54) is 0 Å². The normalized spacial score (nSPS) is 22.2. The second-order valence-electron chi connectivity index (χ2n) is 3.61. The van der Waals surface area contributed by atoms with Crippen molar-refractivity contribution in [1.29, 1.82) is 0 Å². The van der Waals surface area contributed by atoms with Crippen molar-refractivity contribution >= 4 is 0 Å². The number of phenolic OH excluding ortho intramolecular Hbond substituents is 1. The maximum atomic E-state index is 9.39. The van der Waals surface area contributed by atoms with Crippen molar-refractivity contribution in [3.63, 3.8) is 0 Å². The van der Waals surface area contributed by atoms with Crippen LogP contribution in [0.15, 0.2) is 18.2 Å². The minimum atomic E-state index is 0.128. The molecule has 0 aliphatic carbocycles. The fraction of sp³-hybridized carbons (Fsp3) is 0.455. The Bertz CT molecular complexity index is 319. The Morgan fingerprint density at radius 1 is 1.50 bits per heavy atom. The molecule has 1 heterocycles. The monoisotopic (exact) mass is 193 g/mol. The Balaban J connectivity index is 2.18. The number of aryl methyl sites for hydroxylation is 1. The van der Waals surface area contributed by atoms with Crippen LogP contribution >= 0.6 is 0 Å². The maximum absolute atomic E-state index is 9.39. The van der Waals surface area contributed by atoms with E-state index in [1.54, 1.807) is 6.07 Å². The van der Waals surface area contributed by atoms with E-state index in [1.807, 2.05) is 19.1 Å². The largest absolute Gasteiger partial charge is 0.508 e. The number of hydrogen-bond donors (Lipinski definition) is 2. The van der Waals surface area contributed by atoms with Crippen molar-refractivity contribution in [2.45, 2.75) is 13.0 Å². The predicted octanol–water partition coefficient (Wildman–Crippen LogP) is 1.36. The van der Waals surface area contributed by atoms with E-state index in [4.69, 9.17) is 4.74 Å². The molecule has 76 valence electrons. The van der Waals surface area contributed by atoms with E-state index < -0.39 is 0 Å². The number of rotatable bonds is 1. The lowest BCUT2D eigenvalue weighted by atomic mass is 10.1. The molecule has 0 radical (unpaired) electrons.